The Bertz CT molecular complexity index is 803. The zero-order chi connectivity index (χ0) is 24.1. The molecule has 2 aliphatic heterocycles. The van der Waals surface area contributed by atoms with Crippen LogP contribution in [-0.2, 0) is 14.3 Å². The number of carboxylic acid groups (broad SMARTS) is 1. The number of pyridine rings is 1. The molecule has 3 heterocycles. The Morgan fingerprint density at radius 2 is 1.88 bits per heavy atom. The minimum absolute atomic E-state index is 0.112. The molecule has 1 aromatic heterocycles. The number of rotatable bonds is 5. The highest BCUT2D eigenvalue weighted by Crippen LogP contribution is 2.45. The van der Waals surface area contributed by atoms with Crippen LogP contribution in [0.1, 0.15) is 48.2 Å². The number of hydrogen-bond donors (Lipinski definition) is 1. The van der Waals surface area contributed by atoms with E-state index in [1.165, 1.54) is 12.8 Å². The molecule has 184 valence electrons. The van der Waals surface area contributed by atoms with E-state index in [9.17, 15) is 18.0 Å². The van der Waals surface area contributed by atoms with E-state index >= 15 is 0 Å². The third kappa shape index (κ3) is 7.14. The van der Waals surface area contributed by atoms with Crippen molar-refractivity contribution in [3.8, 4) is 0 Å². The lowest BCUT2D eigenvalue weighted by Crippen LogP contribution is -2.50. The summed E-state index contributed by atoms with van der Waals surface area (Å²) in [6, 6.07) is 3.79. The average Bonchev–Trinajstić information content (AvgIpc) is 3.60. The summed E-state index contributed by atoms with van der Waals surface area (Å²) >= 11 is 0. The van der Waals surface area contributed by atoms with Crippen LogP contribution in [0.15, 0.2) is 18.3 Å². The number of likely N-dealkylation sites (tertiary alicyclic amines) is 1. The Labute approximate surface area is 191 Å². The first-order valence-electron chi connectivity index (χ1n) is 11.3. The number of piperidine rings is 1. The van der Waals surface area contributed by atoms with Crippen LogP contribution in [0.5, 0.6) is 0 Å². The summed E-state index contributed by atoms with van der Waals surface area (Å²) in [5.41, 5.74) is 1.92. The first kappa shape index (κ1) is 25.4. The predicted octanol–water partition coefficient (Wildman–Crippen LogP) is 3.71. The number of aromatic nitrogens is 1. The van der Waals surface area contributed by atoms with Gasteiger partial charge in [0.2, 0.25) is 0 Å². The standard InChI is InChI=1S/C21H30N2O3.C2HF3O2/c1-16-2-5-18(12-22-16)20(24)23-9-6-21(7-10-23)8-11-25-14-19(21)15-26-13-17-3-4-17;3-2(4,5)1(6)7/h2,5,12,17,19H,3-4,6-11,13-15H2,1H3;(H,6,7). The van der Waals surface area contributed by atoms with Crippen molar-refractivity contribution >= 4 is 11.9 Å². The Kier molecular flexibility index (Phi) is 8.33. The van der Waals surface area contributed by atoms with Crippen molar-refractivity contribution in [1.29, 1.82) is 0 Å². The van der Waals surface area contributed by atoms with E-state index in [-0.39, 0.29) is 11.3 Å². The van der Waals surface area contributed by atoms with Crippen LogP contribution in [0.3, 0.4) is 0 Å². The fourth-order valence-corrected chi connectivity index (χ4v) is 4.36. The molecule has 3 aliphatic rings. The molecule has 0 bridgehead atoms. The molecule has 1 amide bonds. The summed E-state index contributed by atoms with van der Waals surface area (Å²) in [5, 5.41) is 7.12. The number of carboxylic acids is 1. The number of nitrogens with zero attached hydrogens (tertiary/aromatic N) is 2. The summed E-state index contributed by atoms with van der Waals surface area (Å²) in [5.74, 6) is -1.38. The second kappa shape index (κ2) is 10.8. The monoisotopic (exact) mass is 472 g/mol. The molecule has 33 heavy (non-hydrogen) atoms. The van der Waals surface area contributed by atoms with Gasteiger partial charge in [-0.05, 0) is 62.5 Å². The van der Waals surface area contributed by atoms with Gasteiger partial charge in [0.15, 0.2) is 0 Å². The fourth-order valence-electron chi connectivity index (χ4n) is 4.36. The van der Waals surface area contributed by atoms with E-state index in [0.29, 0.717) is 11.5 Å². The largest absolute Gasteiger partial charge is 0.490 e. The second-order valence-electron chi connectivity index (χ2n) is 9.15. The molecule has 1 unspecified atom stereocenters. The van der Waals surface area contributed by atoms with Gasteiger partial charge in [-0.25, -0.2) is 4.79 Å². The number of alkyl halides is 3. The van der Waals surface area contributed by atoms with Crippen LogP contribution in [0.2, 0.25) is 0 Å². The lowest BCUT2D eigenvalue weighted by Gasteiger charge is -2.49. The third-order valence-electron chi connectivity index (χ3n) is 6.75. The fraction of sp³-hybridized carbons (Fsp3) is 0.696. The van der Waals surface area contributed by atoms with Gasteiger partial charge in [-0.15, -0.1) is 0 Å². The van der Waals surface area contributed by atoms with Crippen molar-refractivity contribution in [1.82, 2.24) is 9.88 Å². The van der Waals surface area contributed by atoms with Crippen molar-refractivity contribution in [3.63, 3.8) is 0 Å². The highest BCUT2D eigenvalue weighted by molar-refractivity contribution is 5.94. The highest BCUT2D eigenvalue weighted by atomic mass is 19.4. The van der Waals surface area contributed by atoms with E-state index in [2.05, 4.69) is 4.98 Å². The molecule has 7 nitrogen and oxygen atoms in total. The van der Waals surface area contributed by atoms with Gasteiger partial charge < -0.3 is 19.5 Å². The Balaban J connectivity index is 0.000000383. The van der Waals surface area contributed by atoms with E-state index in [0.717, 1.165) is 70.4 Å². The number of carbonyl (C=O) groups is 2. The van der Waals surface area contributed by atoms with Crippen molar-refractivity contribution in [2.24, 2.45) is 17.3 Å². The van der Waals surface area contributed by atoms with Gasteiger partial charge in [-0.3, -0.25) is 9.78 Å². The van der Waals surface area contributed by atoms with Crippen molar-refractivity contribution in [2.75, 3.05) is 39.5 Å². The van der Waals surface area contributed by atoms with Gasteiger partial charge in [0, 0.05) is 44.1 Å². The molecule has 1 spiro atoms. The van der Waals surface area contributed by atoms with Gasteiger partial charge in [0.1, 0.15) is 0 Å². The number of hydrogen-bond acceptors (Lipinski definition) is 5. The average molecular weight is 473 g/mol. The molecular formula is C23H31F3N2O5. The zero-order valence-corrected chi connectivity index (χ0v) is 18.8. The van der Waals surface area contributed by atoms with Crippen LogP contribution in [0.4, 0.5) is 13.2 Å². The number of amides is 1. The van der Waals surface area contributed by atoms with Crippen LogP contribution in [0, 0.1) is 24.2 Å². The molecule has 2 saturated heterocycles. The van der Waals surface area contributed by atoms with Crippen LogP contribution in [0.25, 0.3) is 0 Å². The molecule has 1 atom stereocenters. The highest BCUT2D eigenvalue weighted by Gasteiger charge is 2.44. The van der Waals surface area contributed by atoms with Crippen LogP contribution >= 0.6 is 0 Å². The molecule has 3 fully saturated rings. The van der Waals surface area contributed by atoms with E-state index in [1.54, 1.807) is 6.20 Å². The van der Waals surface area contributed by atoms with Crippen molar-refractivity contribution < 1.29 is 37.3 Å². The summed E-state index contributed by atoms with van der Waals surface area (Å²) in [6.07, 6.45) is 2.48. The maximum Gasteiger partial charge on any atom is 0.490 e. The normalized spacial score (nSPS) is 22.4. The van der Waals surface area contributed by atoms with E-state index in [1.807, 2.05) is 24.0 Å². The minimum Gasteiger partial charge on any atom is -0.475 e. The zero-order valence-electron chi connectivity index (χ0n) is 18.8. The van der Waals surface area contributed by atoms with Gasteiger partial charge in [0.25, 0.3) is 5.91 Å². The topological polar surface area (TPSA) is 89.0 Å². The number of carbonyl (C=O) groups excluding carboxylic acids is 1. The molecule has 1 aliphatic carbocycles. The summed E-state index contributed by atoms with van der Waals surface area (Å²) in [4.78, 5) is 27.9. The maximum atomic E-state index is 12.8. The van der Waals surface area contributed by atoms with Crippen molar-refractivity contribution in [2.45, 2.75) is 45.2 Å². The van der Waals surface area contributed by atoms with Crippen LogP contribution in [-0.4, -0.2) is 72.6 Å². The quantitative estimate of drug-likeness (QED) is 0.703. The number of halogens is 3. The summed E-state index contributed by atoms with van der Waals surface area (Å²) in [6.45, 7) is 6.96. The van der Waals surface area contributed by atoms with Gasteiger partial charge >= 0.3 is 12.1 Å². The lowest BCUT2D eigenvalue weighted by atomic mass is 9.66. The second-order valence-corrected chi connectivity index (χ2v) is 9.15. The van der Waals surface area contributed by atoms with E-state index < -0.39 is 12.1 Å². The molecule has 0 aromatic carbocycles. The SMILES string of the molecule is Cc1ccc(C(=O)N2CCC3(CCOCC3COCC3CC3)CC2)cn1.O=C(O)C(F)(F)F. The number of aryl methyl sites for hydroxylation is 1. The molecule has 10 heteroatoms. The third-order valence-corrected chi connectivity index (χ3v) is 6.75. The van der Waals surface area contributed by atoms with E-state index in [4.69, 9.17) is 19.4 Å². The van der Waals surface area contributed by atoms with Gasteiger partial charge in [-0.1, -0.05) is 0 Å². The summed E-state index contributed by atoms with van der Waals surface area (Å²) in [7, 11) is 0. The molecule has 0 radical (unpaired) electrons. The molecule has 4 rings (SSSR count). The first-order chi connectivity index (χ1) is 15.6. The smallest absolute Gasteiger partial charge is 0.475 e. The molecule has 1 N–H and O–H groups in total. The van der Waals surface area contributed by atoms with Gasteiger partial charge in [0.05, 0.1) is 18.8 Å². The Morgan fingerprint density at radius 3 is 2.42 bits per heavy atom. The Morgan fingerprint density at radius 1 is 1.21 bits per heavy atom. The minimum atomic E-state index is -5.08. The molecule has 1 saturated carbocycles. The van der Waals surface area contributed by atoms with Crippen molar-refractivity contribution in [3.05, 3.63) is 29.6 Å². The number of ether oxygens (including phenoxy) is 2. The molecule has 1 aromatic rings. The maximum absolute atomic E-state index is 12.8. The predicted molar refractivity (Wildman–Crippen MR) is 113 cm³/mol. The summed E-state index contributed by atoms with van der Waals surface area (Å²) < 4.78 is 43.5. The first-order valence-corrected chi connectivity index (χ1v) is 11.3. The number of aliphatic carboxylic acids is 1. The van der Waals surface area contributed by atoms with Crippen LogP contribution < -0.4 is 0 Å². The molecular weight excluding hydrogens is 441 g/mol. The lowest BCUT2D eigenvalue weighted by molar-refractivity contribution is -0.192. The Hall–Kier alpha value is -2.20. The van der Waals surface area contributed by atoms with Gasteiger partial charge in [-0.2, -0.15) is 13.2 Å².